The van der Waals surface area contributed by atoms with Crippen LogP contribution in [-0.2, 0) is 18.4 Å². The number of hydrogen-bond acceptors (Lipinski definition) is 3. The Kier molecular flexibility index (Phi) is 6.68. The molecule has 1 aliphatic carbocycles. The number of aromatic nitrogens is 2. The minimum Gasteiger partial charge on any atom is -0.352 e. The minimum atomic E-state index is 0. The second-order valence-corrected chi connectivity index (χ2v) is 5.96. The van der Waals surface area contributed by atoms with Gasteiger partial charge in [0, 0.05) is 37.3 Å². The summed E-state index contributed by atoms with van der Waals surface area (Å²) in [6, 6.07) is 0.191. The number of nitrogens with one attached hydrogen (secondary N) is 1. The van der Waals surface area contributed by atoms with Gasteiger partial charge in [0.15, 0.2) is 0 Å². The Balaban J connectivity index is 0.00000220. The number of nitrogens with zero attached hydrogens (tertiary/aromatic N) is 2. The van der Waals surface area contributed by atoms with Crippen LogP contribution in [0.15, 0.2) is 0 Å². The van der Waals surface area contributed by atoms with Gasteiger partial charge in [-0.15, -0.1) is 12.4 Å². The summed E-state index contributed by atoms with van der Waals surface area (Å²) in [7, 11) is 1.93. The lowest BCUT2D eigenvalue weighted by molar-refractivity contribution is -0.122. The molecular weight excluding hydrogens is 288 g/mol. The number of amides is 1. The summed E-state index contributed by atoms with van der Waals surface area (Å²) in [5.74, 6) is 0.454. The third-order valence-electron chi connectivity index (χ3n) is 4.54. The molecule has 0 spiro atoms. The molecule has 0 aromatic carbocycles. The molecule has 0 saturated heterocycles. The zero-order chi connectivity index (χ0) is 14.7. The Hall–Kier alpha value is -1.07. The van der Waals surface area contributed by atoms with Gasteiger partial charge in [-0.1, -0.05) is 12.8 Å². The number of hydrogen-bond donors (Lipinski definition) is 2. The van der Waals surface area contributed by atoms with E-state index in [-0.39, 0.29) is 24.4 Å². The smallest absolute Gasteiger partial charge is 0.220 e. The van der Waals surface area contributed by atoms with Crippen LogP contribution in [0.2, 0.25) is 0 Å². The molecule has 3 N–H and O–H groups in total. The van der Waals surface area contributed by atoms with Crippen molar-refractivity contribution in [2.75, 3.05) is 0 Å². The highest BCUT2D eigenvalue weighted by Gasteiger charge is 2.24. The van der Waals surface area contributed by atoms with Gasteiger partial charge in [-0.25, -0.2) is 0 Å². The van der Waals surface area contributed by atoms with E-state index in [0.717, 1.165) is 29.8 Å². The van der Waals surface area contributed by atoms with E-state index in [9.17, 15) is 4.79 Å². The first kappa shape index (κ1) is 18.0. The largest absolute Gasteiger partial charge is 0.352 e. The fraction of sp³-hybridized carbons (Fsp3) is 0.733. The van der Waals surface area contributed by atoms with Crippen molar-refractivity contribution in [2.45, 2.75) is 58.5 Å². The molecule has 1 aliphatic rings. The van der Waals surface area contributed by atoms with Crippen LogP contribution in [0, 0.1) is 19.8 Å². The molecule has 2 rings (SSSR count). The summed E-state index contributed by atoms with van der Waals surface area (Å²) in [6.07, 6.45) is 5.09. The first-order valence-corrected chi connectivity index (χ1v) is 7.50. The van der Waals surface area contributed by atoms with Crippen molar-refractivity contribution < 1.29 is 4.79 Å². The molecule has 2 unspecified atom stereocenters. The topological polar surface area (TPSA) is 72.9 Å². The molecule has 0 bridgehead atoms. The molecule has 1 fully saturated rings. The van der Waals surface area contributed by atoms with Crippen LogP contribution in [0.1, 0.15) is 49.1 Å². The fourth-order valence-corrected chi connectivity index (χ4v) is 3.06. The maximum atomic E-state index is 12.1. The van der Waals surface area contributed by atoms with Gasteiger partial charge in [0.25, 0.3) is 0 Å². The van der Waals surface area contributed by atoms with E-state index in [1.54, 1.807) is 0 Å². The van der Waals surface area contributed by atoms with E-state index in [0.29, 0.717) is 18.9 Å². The Morgan fingerprint density at radius 1 is 1.38 bits per heavy atom. The van der Waals surface area contributed by atoms with Crippen molar-refractivity contribution in [2.24, 2.45) is 18.7 Å². The predicted octanol–water partition coefficient (Wildman–Crippen LogP) is 1.98. The highest BCUT2D eigenvalue weighted by molar-refractivity contribution is 5.85. The predicted molar refractivity (Wildman–Crippen MR) is 86.3 cm³/mol. The number of carbonyl (C=O) groups excluding carboxylic acids is 1. The van der Waals surface area contributed by atoms with Crippen molar-refractivity contribution in [3.63, 3.8) is 0 Å². The lowest BCUT2D eigenvalue weighted by atomic mass is 9.83. The maximum Gasteiger partial charge on any atom is 0.220 e. The van der Waals surface area contributed by atoms with Crippen LogP contribution >= 0.6 is 12.4 Å². The van der Waals surface area contributed by atoms with E-state index in [1.807, 2.05) is 25.6 Å². The lowest BCUT2D eigenvalue weighted by Crippen LogP contribution is -2.37. The van der Waals surface area contributed by atoms with Crippen LogP contribution in [-0.4, -0.2) is 21.7 Å². The second-order valence-electron chi connectivity index (χ2n) is 5.96. The van der Waals surface area contributed by atoms with Crippen molar-refractivity contribution in [1.82, 2.24) is 15.1 Å². The van der Waals surface area contributed by atoms with Gasteiger partial charge in [0.05, 0.1) is 5.69 Å². The molecule has 1 amide bonds. The summed E-state index contributed by atoms with van der Waals surface area (Å²) >= 11 is 0. The van der Waals surface area contributed by atoms with Gasteiger partial charge < -0.3 is 11.1 Å². The molecule has 0 aliphatic heterocycles. The van der Waals surface area contributed by atoms with Gasteiger partial charge in [0.1, 0.15) is 0 Å². The Labute approximate surface area is 133 Å². The number of rotatable bonds is 4. The first-order valence-electron chi connectivity index (χ1n) is 7.50. The summed E-state index contributed by atoms with van der Waals surface area (Å²) in [5.41, 5.74) is 9.31. The van der Waals surface area contributed by atoms with E-state index in [1.165, 1.54) is 12.8 Å². The van der Waals surface area contributed by atoms with Crippen LogP contribution in [0.25, 0.3) is 0 Å². The monoisotopic (exact) mass is 314 g/mol. The summed E-state index contributed by atoms with van der Waals surface area (Å²) in [4.78, 5) is 12.1. The number of halogens is 1. The van der Waals surface area contributed by atoms with Gasteiger partial charge >= 0.3 is 0 Å². The van der Waals surface area contributed by atoms with Crippen molar-refractivity contribution in [1.29, 1.82) is 0 Å². The molecule has 1 aromatic rings. The summed E-state index contributed by atoms with van der Waals surface area (Å²) < 4.78 is 1.86. The zero-order valence-electron chi connectivity index (χ0n) is 13.2. The second kappa shape index (κ2) is 7.80. The third-order valence-corrected chi connectivity index (χ3v) is 4.54. The van der Waals surface area contributed by atoms with E-state index in [4.69, 9.17) is 5.73 Å². The quantitative estimate of drug-likeness (QED) is 0.892. The minimum absolute atomic E-state index is 0. The fourth-order valence-electron chi connectivity index (χ4n) is 3.06. The molecule has 120 valence electrons. The standard InChI is InChI=1S/C15H26N4O.ClH/c1-10-13(11(2)19(3)18-10)9-17-15(20)8-12-6-4-5-7-14(12)16;/h12,14H,4-9,16H2,1-3H3,(H,17,20);1H. The normalized spacial score (nSPS) is 21.7. The number of carbonyl (C=O) groups is 1. The highest BCUT2D eigenvalue weighted by Crippen LogP contribution is 2.25. The van der Waals surface area contributed by atoms with Gasteiger partial charge in [-0.05, 0) is 32.6 Å². The van der Waals surface area contributed by atoms with Gasteiger partial charge in [0.2, 0.25) is 5.91 Å². The lowest BCUT2D eigenvalue weighted by Gasteiger charge is -2.27. The van der Waals surface area contributed by atoms with E-state index >= 15 is 0 Å². The van der Waals surface area contributed by atoms with Crippen molar-refractivity contribution in [3.8, 4) is 0 Å². The molecule has 1 aromatic heterocycles. The van der Waals surface area contributed by atoms with E-state index in [2.05, 4.69) is 10.4 Å². The van der Waals surface area contributed by atoms with Gasteiger partial charge in [-0.2, -0.15) is 5.10 Å². The molecule has 2 atom stereocenters. The van der Waals surface area contributed by atoms with Crippen molar-refractivity contribution in [3.05, 3.63) is 17.0 Å². The molecule has 0 radical (unpaired) electrons. The average Bonchev–Trinajstić information content (AvgIpc) is 2.64. The molecule has 21 heavy (non-hydrogen) atoms. The van der Waals surface area contributed by atoms with Crippen LogP contribution in [0.3, 0.4) is 0 Å². The van der Waals surface area contributed by atoms with Crippen LogP contribution < -0.4 is 11.1 Å². The molecule has 5 nitrogen and oxygen atoms in total. The maximum absolute atomic E-state index is 12.1. The molecular formula is C15H27ClN4O. The van der Waals surface area contributed by atoms with Gasteiger partial charge in [-0.3, -0.25) is 9.48 Å². The van der Waals surface area contributed by atoms with E-state index < -0.39 is 0 Å². The SMILES string of the molecule is Cc1nn(C)c(C)c1CNC(=O)CC1CCCCC1N.Cl. The Morgan fingerprint density at radius 2 is 2.05 bits per heavy atom. The first-order chi connectivity index (χ1) is 9.49. The van der Waals surface area contributed by atoms with Crippen molar-refractivity contribution >= 4 is 18.3 Å². The van der Waals surface area contributed by atoms with Crippen LogP contribution in [0.4, 0.5) is 0 Å². The zero-order valence-corrected chi connectivity index (χ0v) is 14.0. The van der Waals surface area contributed by atoms with Crippen LogP contribution in [0.5, 0.6) is 0 Å². The summed E-state index contributed by atoms with van der Waals surface area (Å²) in [5, 5.41) is 7.38. The molecule has 1 saturated carbocycles. The average molecular weight is 315 g/mol. The Morgan fingerprint density at radius 3 is 2.62 bits per heavy atom. The Bertz CT molecular complexity index is 486. The summed E-state index contributed by atoms with van der Waals surface area (Å²) in [6.45, 7) is 4.57. The molecule has 6 heteroatoms. The number of aryl methyl sites for hydroxylation is 2. The molecule has 1 heterocycles. The third kappa shape index (κ3) is 4.45. The number of nitrogens with two attached hydrogens (primary N) is 1. The highest BCUT2D eigenvalue weighted by atomic mass is 35.5.